The molecular formula is C15H31N3. The van der Waals surface area contributed by atoms with E-state index in [1.165, 1.54) is 32.5 Å². The molecule has 2 aliphatic rings. The Morgan fingerprint density at radius 3 is 2.39 bits per heavy atom. The van der Waals surface area contributed by atoms with Crippen LogP contribution >= 0.6 is 0 Å². The highest BCUT2D eigenvalue weighted by Crippen LogP contribution is 2.40. The highest BCUT2D eigenvalue weighted by Gasteiger charge is 2.41. The predicted octanol–water partition coefficient (Wildman–Crippen LogP) is 1.63. The molecule has 0 amide bonds. The molecule has 3 heteroatoms. The molecule has 1 aliphatic carbocycles. The number of nitrogens with two attached hydrogens (primary N) is 1. The summed E-state index contributed by atoms with van der Waals surface area (Å²) in [4.78, 5) is 5.02. The average Bonchev–Trinajstić information content (AvgIpc) is 2.74. The molecule has 0 aromatic heterocycles. The van der Waals surface area contributed by atoms with Gasteiger partial charge in [0.1, 0.15) is 0 Å². The molecule has 106 valence electrons. The third-order valence-electron chi connectivity index (χ3n) is 5.37. The molecular weight excluding hydrogens is 222 g/mol. The van der Waals surface area contributed by atoms with Crippen molar-refractivity contribution in [2.45, 2.75) is 45.7 Å². The molecule has 1 saturated carbocycles. The van der Waals surface area contributed by atoms with E-state index in [-0.39, 0.29) is 0 Å². The lowest BCUT2D eigenvalue weighted by Crippen LogP contribution is -2.42. The van der Waals surface area contributed by atoms with E-state index in [0.29, 0.717) is 17.4 Å². The summed E-state index contributed by atoms with van der Waals surface area (Å²) in [5.41, 5.74) is 6.77. The van der Waals surface area contributed by atoms with Crippen molar-refractivity contribution < 1.29 is 0 Å². The molecule has 0 radical (unpaired) electrons. The molecule has 18 heavy (non-hydrogen) atoms. The summed E-state index contributed by atoms with van der Waals surface area (Å²) in [6.07, 6.45) is 2.60. The summed E-state index contributed by atoms with van der Waals surface area (Å²) in [5, 5.41) is 0. The van der Waals surface area contributed by atoms with Gasteiger partial charge in [-0.15, -0.1) is 0 Å². The maximum atomic E-state index is 6.43. The van der Waals surface area contributed by atoms with Gasteiger partial charge in [0.05, 0.1) is 0 Å². The van der Waals surface area contributed by atoms with Gasteiger partial charge in [-0.3, -0.25) is 0 Å². The van der Waals surface area contributed by atoms with Gasteiger partial charge in [-0.2, -0.15) is 0 Å². The zero-order valence-corrected chi connectivity index (χ0v) is 12.8. The van der Waals surface area contributed by atoms with E-state index >= 15 is 0 Å². The Bertz CT molecular complexity index is 287. The van der Waals surface area contributed by atoms with Gasteiger partial charge in [-0.1, -0.05) is 20.8 Å². The minimum atomic E-state index is 0.344. The molecule has 2 fully saturated rings. The Kier molecular flexibility index (Phi) is 4.05. The second-order valence-electron chi connectivity index (χ2n) is 7.54. The molecule has 1 heterocycles. The number of hydrogen-bond donors (Lipinski definition) is 1. The number of rotatable bonds is 3. The SMILES string of the molecule is CC1CN(CC2CCC(C)(C)C2N)CC1N(C)C. The topological polar surface area (TPSA) is 32.5 Å². The minimum Gasteiger partial charge on any atom is -0.327 e. The smallest absolute Gasteiger partial charge is 0.0254 e. The lowest BCUT2D eigenvalue weighted by Gasteiger charge is -2.29. The molecule has 0 bridgehead atoms. The highest BCUT2D eigenvalue weighted by atomic mass is 15.2. The summed E-state index contributed by atoms with van der Waals surface area (Å²) in [7, 11) is 4.41. The molecule has 1 saturated heterocycles. The Hall–Kier alpha value is -0.120. The van der Waals surface area contributed by atoms with E-state index in [1.54, 1.807) is 0 Å². The first-order chi connectivity index (χ1) is 8.31. The monoisotopic (exact) mass is 253 g/mol. The van der Waals surface area contributed by atoms with Crippen LogP contribution in [0.3, 0.4) is 0 Å². The standard InChI is InChI=1S/C15H31N3/c1-11-8-18(10-13(11)17(4)5)9-12-6-7-15(2,3)14(12)16/h11-14H,6-10,16H2,1-5H3. The summed E-state index contributed by atoms with van der Waals surface area (Å²) >= 11 is 0. The average molecular weight is 253 g/mol. The summed E-state index contributed by atoms with van der Waals surface area (Å²) < 4.78 is 0. The Labute approximate surface area is 113 Å². The number of likely N-dealkylation sites (N-methyl/N-ethyl adjacent to an activating group) is 1. The quantitative estimate of drug-likeness (QED) is 0.830. The third-order valence-corrected chi connectivity index (χ3v) is 5.37. The number of nitrogens with zero attached hydrogens (tertiary/aromatic N) is 2. The van der Waals surface area contributed by atoms with Gasteiger partial charge >= 0.3 is 0 Å². The molecule has 0 aromatic rings. The fourth-order valence-corrected chi connectivity index (χ4v) is 3.95. The van der Waals surface area contributed by atoms with Crippen molar-refractivity contribution in [3.05, 3.63) is 0 Å². The maximum absolute atomic E-state index is 6.43. The first-order valence-electron chi connectivity index (χ1n) is 7.45. The van der Waals surface area contributed by atoms with Crippen molar-refractivity contribution in [1.29, 1.82) is 0 Å². The third kappa shape index (κ3) is 2.73. The fourth-order valence-electron chi connectivity index (χ4n) is 3.95. The zero-order valence-electron chi connectivity index (χ0n) is 12.8. The second kappa shape index (κ2) is 5.10. The second-order valence-corrected chi connectivity index (χ2v) is 7.54. The summed E-state index contributed by atoms with van der Waals surface area (Å²) in [5.74, 6) is 1.48. The van der Waals surface area contributed by atoms with E-state index in [0.717, 1.165) is 12.0 Å². The van der Waals surface area contributed by atoms with Crippen LogP contribution in [0.15, 0.2) is 0 Å². The Balaban J connectivity index is 1.89. The normalized spacial score (nSPS) is 40.8. The molecule has 4 atom stereocenters. The van der Waals surface area contributed by atoms with Crippen LogP contribution in [0.25, 0.3) is 0 Å². The van der Waals surface area contributed by atoms with E-state index < -0.39 is 0 Å². The first kappa shape index (κ1) is 14.3. The van der Waals surface area contributed by atoms with Crippen molar-refractivity contribution in [2.75, 3.05) is 33.7 Å². The van der Waals surface area contributed by atoms with Crippen LogP contribution in [0.2, 0.25) is 0 Å². The van der Waals surface area contributed by atoms with Gasteiger partial charge in [-0.25, -0.2) is 0 Å². The maximum Gasteiger partial charge on any atom is 0.0254 e. The Morgan fingerprint density at radius 1 is 1.28 bits per heavy atom. The lowest BCUT2D eigenvalue weighted by atomic mass is 9.85. The Morgan fingerprint density at radius 2 is 1.94 bits per heavy atom. The fraction of sp³-hybridized carbons (Fsp3) is 1.00. The van der Waals surface area contributed by atoms with Crippen LogP contribution < -0.4 is 5.73 Å². The van der Waals surface area contributed by atoms with Gasteiger partial charge in [0.15, 0.2) is 0 Å². The summed E-state index contributed by atoms with van der Waals surface area (Å²) in [6, 6.07) is 1.10. The minimum absolute atomic E-state index is 0.344. The molecule has 2 N–H and O–H groups in total. The predicted molar refractivity (Wildman–Crippen MR) is 77.6 cm³/mol. The van der Waals surface area contributed by atoms with Crippen molar-refractivity contribution in [1.82, 2.24) is 9.80 Å². The largest absolute Gasteiger partial charge is 0.327 e. The van der Waals surface area contributed by atoms with Crippen molar-refractivity contribution in [3.63, 3.8) is 0 Å². The van der Waals surface area contributed by atoms with Crippen LogP contribution in [-0.2, 0) is 0 Å². The van der Waals surface area contributed by atoms with E-state index in [2.05, 4.69) is 44.7 Å². The zero-order chi connectivity index (χ0) is 13.5. The number of likely N-dealkylation sites (tertiary alicyclic amines) is 1. The van der Waals surface area contributed by atoms with Crippen molar-refractivity contribution in [3.8, 4) is 0 Å². The first-order valence-corrected chi connectivity index (χ1v) is 7.45. The van der Waals surface area contributed by atoms with Crippen LogP contribution in [0.4, 0.5) is 0 Å². The van der Waals surface area contributed by atoms with Crippen LogP contribution in [0.1, 0.15) is 33.6 Å². The van der Waals surface area contributed by atoms with Crippen LogP contribution in [0, 0.1) is 17.3 Å². The molecule has 1 aliphatic heterocycles. The van der Waals surface area contributed by atoms with Crippen molar-refractivity contribution in [2.24, 2.45) is 23.0 Å². The van der Waals surface area contributed by atoms with Gasteiger partial charge in [0, 0.05) is 31.7 Å². The molecule has 4 unspecified atom stereocenters. The van der Waals surface area contributed by atoms with Crippen molar-refractivity contribution >= 4 is 0 Å². The lowest BCUT2D eigenvalue weighted by molar-refractivity contribution is 0.217. The summed E-state index contributed by atoms with van der Waals surface area (Å²) in [6.45, 7) is 10.7. The van der Waals surface area contributed by atoms with E-state index in [1.807, 2.05) is 0 Å². The molecule has 2 rings (SSSR count). The molecule has 0 spiro atoms. The van der Waals surface area contributed by atoms with Gasteiger partial charge in [0.25, 0.3) is 0 Å². The van der Waals surface area contributed by atoms with E-state index in [9.17, 15) is 0 Å². The van der Waals surface area contributed by atoms with Gasteiger partial charge in [0.2, 0.25) is 0 Å². The molecule has 3 nitrogen and oxygen atoms in total. The molecule has 0 aromatic carbocycles. The van der Waals surface area contributed by atoms with Gasteiger partial charge in [-0.05, 0) is 44.2 Å². The van der Waals surface area contributed by atoms with Gasteiger partial charge < -0.3 is 15.5 Å². The van der Waals surface area contributed by atoms with E-state index in [4.69, 9.17) is 5.73 Å². The number of hydrogen-bond acceptors (Lipinski definition) is 3. The highest BCUT2D eigenvalue weighted by molar-refractivity contribution is 4.97. The van der Waals surface area contributed by atoms with Crippen LogP contribution in [0.5, 0.6) is 0 Å². The van der Waals surface area contributed by atoms with Crippen LogP contribution in [-0.4, -0.2) is 55.6 Å².